The number of rotatable bonds is 3. The Morgan fingerprint density at radius 3 is 2.86 bits per heavy atom. The Kier molecular flexibility index (Phi) is 3.60. The van der Waals surface area contributed by atoms with Crippen LogP contribution in [0.3, 0.4) is 0 Å². The second-order valence-corrected chi connectivity index (χ2v) is 5.53. The number of amides is 1. The van der Waals surface area contributed by atoms with Gasteiger partial charge in [-0.1, -0.05) is 24.3 Å². The van der Waals surface area contributed by atoms with E-state index in [0.717, 1.165) is 12.8 Å². The molecule has 2 aromatic rings. The molecular formula is C17H19N3O. The molecule has 0 saturated carbocycles. The first-order valence-corrected chi connectivity index (χ1v) is 7.18. The number of hydrogen-bond donors (Lipinski definition) is 1. The van der Waals surface area contributed by atoms with Crippen molar-refractivity contribution in [3.8, 4) is 0 Å². The molecule has 0 aliphatic heterocycles. The summed E-state index contributed by atoms with van der Waals surface area (Å²) in [5.41, 5.74) is 3.19. The van der Waals surface area contributed by atoms with E-state index in [-0.39, 0.29) is 11.9 Å². The highest BCUT2D eigenvalue weighted by Crippen LogP contribution is 2.31. The van der Waals surface area contributed by atoms with Crippen LogP contribution in [0.4, 0.5) is 5.82 Å². The zero-order valence-electron chi connectivity index (χ0n) is 12.3. The van der Waals surface area contributed by atoms with E-state index in [1.807, 2.05) is 37.2 Å². The normalized spacial score (nSPS) is 16.4. The Hall–Kier alpha value is -2.36. The number of nitrogens with zero attached hydrogens (tertiary/aromatic N) is 2. The van der Waals surface area contributed by atoms with Crippen molar-refractivity contribution < 1.29 is 4.79 Å². The second kappa shape index (κ2) is 5.56. The summed E-state index contributed by atoms with van der Waals surface area (Å²) in [6.45, 7) is 0. The molecule has 4 heteroatoms. The monoisotopic (exact) mass is 281 g/mol. The Morgan fingerprint density at radius 1 is 1.24 bits per heavy atom. The lowest BCUT2D eigenvalue weighted by Crippen LogP contribution is -2.29. The van der Waals surface area contributed by atoms with Crippen molar-refractivity contribution in [2.75, 3.05) is 19.0 Å². The van der Waals surface area contributed by atoms with Gasteiger partial charge in [0.2, 0.25) is 0 Å². The Labute approximate surface area is 124 Å². The first-order valence-electron chi connectivity index (χ1n) is 7.18. The van der Waals surface area contributed by atoms with Crippen LogP contribution >= 0.6 is 0 Å². The third kappa shape index (κ3) is 2.61. The predicted octanol–water partition coefficient (Wildman–Crippen LogP) is 2.56. The van der Waals surface area contributed by atoms with Crippen LogP contribution in [-0.2, 0) is 6.42 Å². The summed E-state index contributed by atoms with van der Waals surface area (Å²) in [7, 11) is 3.79. The molecule has 1 aliphatic carbocycles. The van der Waals surface area contributed by atoms with Gasteiger partial charge in [0.1, 0.15) is 5.82 Å². The SMILES string of the molecule is CN(C)c1ncccc1C(=O)N[C@@H]1CCc2ccccc21. The van der Waals surface area contributed by atoms with E-state index in [1.165, 1.54) is 11.1 Å². The number of carbonyl (C=O) groups excluding carboxylic acids is 1. The van der Waals surface area contributed by atoms with E-state index in [9.17, 15) is 4.79 Å². The molecular weight excluding hydrogens is 262 g/mol. The number of pyridine rings is 1. The molecule has 108 valence electrons. The van der Waals surface area contributed by atoms with Gasteiger partial charge in [-0.3, -0.25) is 4.79 Å². The molecule has 1 N–H and O–H groups in total. The molecule has 0 fully saturated rings. The lowest BCUT2D eigenvalue weighted by atomic mass is 10.1. The lowest BCUT2D eigenvalue weighted by molar-refractivity contribution is 0.0937. The fraction of sp³-hybridized carbons (Fsp3) is 0.294. The smallest absolute Gasteiger partial charge is 0.255 e. The molecule has 0 bridgehead atoms. The number of aromatic nitrogens is 1. The highest BCUT2D eigenvalue weighted by Gasteiger charge is 2.25. The molecule has 1 aromatic heterocycles. The molecule has 1 atom stereocenters. The molecule has 1 aromatic carbocycles. The third-order valence-corrected chi connectivity index (χ3v) is 3.89. The maximum Gasteiger partial charge on any atom is 0.255 e. The second-order valence-electron chi connectivity index (χ2n) is 5.53. The summed E-state index contributed by atoms with van der Waals surface area (Å²) >= 11 is 0. The fourth-order valence-electron chi connectivity index (χ4n) is 2.87. The Bertz CT molecular complexity index is 667. The lowest BCUT2D eigenvalue weighted by Gasteiger charge is -2.18. The van der Waals surface area contributed by atoms with Gasteiger partial charge in [-0.25, -0.2) is 4.98 Å². The van der Waals surface area contributed by atoms with Crippen LogP contribution in [-0.4, -0.2) is 25.0 Å². The number of aryl methyl sites for hydroxylation is 1. The van der Waals surface area contributed by atoms with Crippen molar-refractivity contribution in [1.82, 2.24) is 10.3 Å². The summed E-state index contributed by atoms with van der Waals surface area (Å²) < 4.78 is 0. The fourth-order valence-corrected chi connectivity index (χ4v) is 2.87. The van der Waals surface area contributed by atoms with E-state index in [0.29, 0.717) is 11.4 Å². The topological polar surface area (TPSA) is 45.2 Å². The molecule has 3 rings (SSSR count). The number of carbonyl (C=O) groups is 1. The zero-order chi connectivity index (χ0) is 14.8. The van der Waals surface area contributed by atoms with Crippen molar-refractivity contribution in [2.24, 2.45) is 0 Å². The first-order chi connectivity index (χ1) is 10.2. The zero-order valence-corrected chi connectivity index (χ0v) is 12.3. The summed E-state index contributed by atoms with van der Waals surface area (Å²) in [6, 6.07) is 12.0. The van der Waals surface area contributed by atoms with Gasteiger partial charge in [0.25, 0.3) is 5.91 Å². The van der Waals surface area contributed by atoms with E-state index in [1.54, 1.807) is 12.3 Å². The molecule has 21 heavy (non-hydrogen) atoms. The van der Waals surface area contributed by atoms with Gasteiger partial charge in [0.15, 0.2) is 0 Å². The van der Waals surface area contributed by atoms with Crippen molar-refractivity contribution in [1.29, 1.82) is 0 Å². The van der Waals surface area contributed by atoms with Crippen LogP contribution in [0.15, 0.2) is 42.6 Å². The first kappa shape index (κ1) is 13.6. The molecule has 0 spiro atoms. The predicted molar refractivity (Wildman–Crippen MR) is 83.5 cm³/mol. The molecule has 4 nitrogen and oxygen atoms in total. The summed E-state index contributed by atoms with van der Waals surface area (Å²) in [5.74, 6) is 0.634. The van der Waals surface area contributed by atoms with E-state index < -0.39 is 0 Å². The van der Waals surface area contributed by atoms with Crippen LogP contribution in [0.25, 0.3) is 0 Å². The van der Waals surface area contributed by atoms with Gasteiger partial charge in [0, 0.05) is 20.3 Å². The number of benzene rings is 1. The maximum atomic E-state index is 12.6. The average molecular weight is 281 g/mol. The van der Waals surface area contributed by atoms with Crippen LogP contribution in [0.1, 0.15) is 33.9 Å². The van der Waals surface area contributed by atoms with E-state index >= 15 is 0 Å². The minimum atomic E-state index is -0.0616. The average Bonchev–Trinajstić information content (AvgIpc) is 2.90. The number of fused-ring (bicyclic) bond motifs is 1. The van der Waals surface area contributed by atoms with Crippen molar-refractivity contribution in [2.45, 2.75) is 18.9 Å². The summed E-state index contributed by atoms with van der Waals surface area (Å²) in [5, 5.41) is 3.14. The van der Waals surface area contributed by atoms with Crippen LogP contribution in [0, 0.1) is 0 Å². The molecule has 0 radical (unpaired) electrons. The third-order valence-electron chi connectivity index (χ3n) is 3.89. The summed E-state index contributed by atoms with van der Waals surface area (Å²) in [4.78, 5) is 18.7. The number of nitrogens with one attached hydrogen (secondary N) is 1. The Balaban J connectivity index is 1.82. The highest BCUT2D eigenvalue weighted by atomic mass is 16.1. The maximum absolute atomic E-state index is 12.6. The molecule has 0 unspecified atom stereocenters. The molecule has 1 heterocycles. The van der Waals surface area contributed by atoms with E-state index in [4.69, 9.17) is 0 Å². The summed E-state index contributed by atoms with van der Waals surface area (Å²) in [6.07, 6.45) is 3.69. The highest BCUT2D eigenvalue weighted by molar-refractivity contribution is 5.99. The minimum absolute atomic E-state index is 0.0616. The van der Waals surface area contributed by atoms with Crippen molar-refractivity contribution >= 4 is 11.7 Å². The van der Waals surface area contributed by atoms with Gasteiger partial charge in [-0.15, -0.1) is 0 Å². The van der Waals surface area contributed by atoms with E-state index in [2.05, 4.69) is 22.4 Å². The van der Waals surface area contributed by atoms with Crippen LogP contribution < -0.4 is 10.2 Å². The van der Waals surface area contributed by atoms with Crippen molar-refractivity contribution in [3.05, 3.63) is 59.3 Å². The Morgan fingerprint density at radius 2 is 2.05 bits per heavy atom. The van der Waals surface area contributed by atoms with Crippen LogP contribution in [0.2, 0.25) is 0 Å². The minimum Gasteiger partial charge on any atom is -0.362 e. The van der Waals surface area contributed by atoms with Gasteiger partial charge in [-0.05, 0) is 36.1 Å². The van der Waals surface area contributed by atoms with Gasteiger partial charge in [0.05, 0.1) is 11.6 Å². The van der Waals surface area contributed by atoms with Crippen LogP contribution in [0.5, 0.6) is 0 Å². The van der Waals surface area contributed by atoms with Gasteiger partial charge in [-0.2, -0.15) is 0 Å². The largest absolute Gasteiger partial charge is 0.362 e. The number of anilines is 1. The molecule has 1 aliphatic rings. The van der Waals surface area contributed by atoms with Gasteiger partial charge < -0.3 is 10.2 Å². The standard InChI is InChI=1S/C17H19N3O/c1-20(2)16-14(8-5-11-18-16)17(21)19-15-10-9-12-6-3-4-7-13(12)15/h3-8,11,15H,9-10H2,1-2H3,(H,19,21)/t15-/m1/s1. The van der Waals surface area contributed by atoms with Gasteiger partial charge >= 0.3 is 0 Å². The quantitative estimate of drug-likeness (QED) is 0.940. The molecule has 1 amide bonds. The van der Waals surface area contributed by atoms with Crippen molar-refractivity contribution in [3.63, 3.8) is 0 Å². The number of hydrogen-bond acceptors (Lipinski definition) is 3. The molecule has 0 saturated heterocycles.